The van der Waals surface area contributed by atoms with Gasteiger partial charge in [-0.05, 0) is 42.8 Å². The molecular formula is C19H14BrF2NO3. The summed E-state index contributed by atoms with van der Waals surface area (Å²) in [6.45, 7) is 1.85. The zero-order valence-corrected chi connectivity index (χ0v) is 15.3. The minimum absolute atomic E-state index is 0.0828. The highest BCUT2D eigenvalue weighted by molar-refractivity contribution is 9.10. The van der Waals surface area contributed by atoms with Crippen LogP contribution in [0.3, 0.4) is 0 Å². The molecule has 0 spiro atoms. The summed E-state index contributed by atoms with van der Waals surface area (Å²) in [5.74, 6) is -2.13. The van der Waals surface area contributed by atoms with Crippen molar-refractivity contribution >= 4 is 32.8 Å². The van der Waals surface area contributed by atoms with Gasteiger partial charge < -0.3 is 9.30 Å². The number of halogens is 3. The van der Waals surface area contributed by atoms with E-state index >= 15 is 0 Å². The Kier molecular flexibility index (Phi) is 5.18. The summed E-state index contributed by atoms with van der Waals surface area (Å²) in [5.41, 5.74) is 0.317. The second-order valence-corrected chi connectivity index (χ2v) is 6.58. The van der Waals surface area contributed by atoms with Crippen LogP contribution in [0.15, 0.2) is 51.9 Å². The number of carbonyl (C=O) groups is 1. The van der Waals surface area contributed by atoms with Gasteiger partial charge in [-0.15, -0.1) is 0 Å². The molecule has 0 saturated carbocycles. The van der Waals surface area contributed by atoms with E-state index in [2.05, 4.69) is 15.9 Å². The van der Waals surface area contributed by atoms with Gasteiger partial charge in [-0.1, -0.05) is 15.9 Å². The Hall–Kier alpha value is -2.54. The molecule has 26 heavy (non-hydrogen) atoms. The molecular weight excluding hydrogens is 408 g/mol. The van der Waals surface area contributed by atoms with Crippen LogP contribution in [-0.2, 0) is 11.3 Å². The second-order valence-electron chi connectivity index (χ2n) is 5.66. The molecule has 0 saturated heterocycles. The topological polar surface area (TPSA) is 48.3 Å². The van der Waals surface area contributed by atoms with Crippen LogP contribution < -0.4 is 5.43 Å². The molecule has 0 bridgehead atoms. The van der Waals surface area contributed by atoms with Crippen LogP contribution in [0.1, 0.15) is 22.8 Å². The third-order valence-electron chi connectivity index (χ3n) is 3.81. The molecule has 0 aliphatic heterocycles. The Morgan fingerprint density at radius 3 is 2.50 bits per heavy atom. The van der Waals surface area contributed by atoms with Crippen molar-refractivity contribution in [2.24, 2.45) is 0 Å². The van der Waals surface area contributed by atoms with E-state index in [0.717, 1.165) is 6.07 Å². The summed E-state index contributed by atoms with van der Waals surface area (Å²) >= 11 is 3.31. The molecule has 0 amide bonds. The maximum Gasteiger partial charge on any atom is 0.343 e. The highest BCUT2D eigenvalue weighted by Crippen LogP contribution is 2.20. The number of hydrogen-bond donors (Lipinski definition) is 0. The molecule has 3 rings (SSSR count). The van der Waals surface area contributed by atoms with Crippen LogP contribution in [0, 0.1) is 11.6 Å². The zero-order valence-electron chi connectivity index (χ0n) is 13.8. The molecule has 0 radical (unpaired) electrons. The van der Waals surface area contributed by atoms with E-state index in [4.69, 9.17) is 4.74 Å². The standard InChI is InChI=1S/C19H14BrF2NO3/c1-2-26-19(25)16-10-23(9-11-5-13(21)8-14(22)6-11)17-4-3-12(20)7-15(17)18(16)24/h3-8,10H,2,9H2,1H3. The molecule has 0 fully saturated rings. The maximum atomic E-state index is 13.5. The Morgan fingerprint density at radius 1 is 1.15 bits per heavy atom. The summed E-state index contributed by atoms with van der Waals surface area (Å²) in [5, 5.41) is 0.307. The molecule has 0 unspecified atom stereocenters. The van der Waals surface area contributed by atoms with Crippen LogP contribution in [-0.4, -0.2) is 17.1 Å². The van der Waals surface area contributed by atoms with Crippen molar-refractivity contribution in [1.29, 1.82) is 0 Å². The third kappa shape index (κ3) is 3.67. The number of benzene rings is 2. The minimum Gasteiger partial charge on any atom is -0.462 e. The number of rotatable bonds is 4. The Balaban J connectivity index is 2.21. The lowest BCUT2D eigenvalue weighted by atomic mass is 10.1. The number of fused-ring (bicyclic) bond motifs is 1. The van der Waals surface area contributed by atoms with Crippen LogP contribution in [0.5, 0.6) is 0 Å². The molecule has 1 aromatic heterocycles. The fourth-order valence-corrected chi connectivity index (χ4v) is 3.11. The predicted octanol–water partition coefficient (Wildman–Crippen LogP) is 4.27. The average Bonchev–Trinajstić information content (AvgIpc) is 2.56. The molecule has 1 heterocycles. The van der Waals surface area contributed by atoms with Crippen LogP contribution in [0.25, 0.3) is 10.9 Å². The van der Waals surface area contributed by atoms with Gasteiger partial charge in [-0.3, -0.25) is 4.79 Å². The number of esters is 1. The number of aromatic nitrogens is 1. The quantitative estimate of drug-likeness (QED) is 0.591. The van der Waals surface area contributed by atoms with Gasteiger partial charge in [0.15, 0.2) is 0 Å². The van der Waals surface area contributed by atoms with Gasteiger partial charge in [0, 0.05) is 28.7 Å². The number of hydrogen-bond acceptors (Lipinski definition) is 3. The number of ether oxygens (including phenoxy) is 1. The minimum atomic E-state index is -0.737. The van der Waals surface area contributed by atoms with E-state index in [-0.39, 0.29) is 18.7 Å². The normalized spacial score (nSPS) is 10.9. The first-order valence-corrected chi connectivity index (χ1v) is 8.63. The van der Waals surface area contributed by atoms with Gasteiger partial charge >= 0.3 is 5.97 Å². The largest absolute Gasteiger partial charge is 0.462 e. The highest BCUT2D eigenvalue weighted by atomic mass is 79.9. The van der Waals surface area contributed by atoms with Gasteiger partial charge in [0.05, 0.1) is 12.1 Å². The Morgan fingerprint density at radius 2 is 1.85 bits per heavy atom. The lowest BCUT2D eigenvalue weighted by Gasteiger charge is -2.14. The zero-order chi connectivity index (χ0) is 18.8. The first-order valence-electron chi connectivity index (χ1n) is 7.84. The predicted molar refractivity (Wildman–Crippen MR) is 97.3 cm³/mol. The SMILES string of the molecule is CCOC(=O)c1cn(Cc2cc(F)cc(F)c2)c2ccc(Br)cc2c1=O. The lowest BCUT2D eigenvalue weighted by molar-refractivity contribution is 0.0524. The van der Waals surface area contributed by atoms with Crippen molar-refractivity contribution in [3.8, 4) is 0 Å². The van der Waals surface area contributed by atoms with Gasteiger partial charge in [0.2, 0.25) is 5.43 Å². The van der Waals surface area contributed by atoms with Crippen LogP contribution in [0.2, 0.25) is 0 Å². The third-order valence-corrected chi connectivity index (χ3v) is 4.31. The molecule has 134 valence electrons. The monoisotopic (exact) mass is 421 g/mol. The Bertz CT molecular complexity index is 1040. The fraction of sp³-hybridized carbons (Fsp3) is 0.158. The number of nitrogens with zero attached hydrogens (tertiary/aromatic N) is 1. The summed E-state index contributed by atoms with van der Waals surface area (Å²) < 4.78 is 34.2. The molecule has 0 atom stereocenters. The second kappa shape index (κ2) is 7.37. The van der Waals surface area contributed by atoms with Crippen LogP contribution in [0.4, 0.5) is 8.78 Å². The van der Waals surface area contributed by atoms with E-state index in [9.17, 15) is 18.4 Å². The molecule has 4 nitrogen and oxygen atoms in total. The van der Waals surface area contributed by atoms with E-state index in [0.29, 0.717) is 20.9 Å². The molecule has 2 aromatic carbocycles. The maximum absolute atomic E-state index is 13.5. The lowest BCUT2D eigenvalue weighted by Crippen LogP contribution is -2.21. The molecule has 3 aromatic rings. The first-order chi connectivity index (χ1) is 12.4. The smallest absolute Gasteiger partial charge is 0.343 e. The van der Waals surface area contributed by atoms with Gasteiger partial charge in [0.1, 0.15) is 17.2 Å². The summed E-state index contributed by atoms with van der Waals surface area (Å²) in [7, 11) is 0. The summed E-state index contributed by atoms with van der Waals surface area (Å²) in [6, 6.07) is 8.24. The van der Waals surface area contributed by atoms with Gasteiger partial charge in [0.25, 0.3) is 0 Å². The van der Waals surface area contributed by atoms with E-state index in [1.54, 1.807) is 29.7 Å². The van der Waals surface area contributed by atoms with Crippen molar-refractivity contribution in [1.82, 2.24) is 4.57 Å². The van der Waals surface area contributed by atoms with Crippen molar-refractivity contribution in [2.75, 3.05) is 6.61 Å². The molecule has 7 heteroatoms. The van der Waals surface area contributed by atoms with E-state index in [1.807, 2.05) is 0 Å². The van der Waals surface area contributed by atoms with Crippen molar-refractivity contribution in [3.05, 3.63) is 80.1 Å². The van der Waals surface area contributed by atoms with E-state index in [1.165, 1.54) is 18.3 Å². The van der Waals surface area contributed by atoms with Crippen molar-refractivity contribution in [3.63, 3.8) is 0 Å². The molecule has 0 aliphatic carbocycles. The Labute approximate surface area is 156 Å². The number of pyridine rings is 1. The van der Waals surface area contributed by atoms with E-state index < -0.39 is 23.0 Å². The fourth-order valence-electron chi connectivity index (χ4n) is 2.75. The molecule has 0 aliphatic rings. The molecule has 0 N–H and O–H groups in total. The summed E-state index contributed by atoms with van der Waals surface area (Å²) in [4.78, 5) is 24.8. The highest BCUT2D eigenvalue weighted by Gasteiger charge is 2.17. The first kappa shape index (κ1) is 18.3. The van der Waals surface area contributed by atoms with Gasteiger partial charge in [-0.25, -0.2) is 13.6 Å². The van der Waals surface area contributed by atoms with Crippen LogP contribution >= 0.6 is 15.9 Å². The van der Waals surface area contributed by atoms with Crippen molar-refractivity contribution < 1.29 is 18.3 Å². The summed E-state index contributed by atoms with van der Waals surface area (Å²) in [6.07, 6.45) is 1.36. The van der Waals surface area contributed by atoms with Crippen molar-refractivity contribution in [2.45, 2.75) is 13.5 Å². The van der Waals surface area contributed by atoms with Gasteiger partial charge in [-0.2, -0.15) is 0 Å². The average molecular weight is 422 g/mol. The number of carbonyl (C=O) groups excluding carboxylic acids is 1.